The molecule has 0 spiro atoms. The minimum Gasteiger partial charge on any atom is -0.364 e. The van der Waals surface area contributed by atoms with Crippen LogP contribution < -0.4 is 10.2 Å². The zero-order valence-corrected chi connectivity index (χ0v) is 12.7. The monoisotopic (exact) mass is 298 g/mol. The summed E-state index contributed by atoms with van der Waals surface area (Å²) in [6, 6.07) is 7.85. The van der Waals surface area contributed by atoms with Gasteiger partial charge in [-0.2, -0.15) is 0 Å². The van der Waals surface area contributed by atoms with Gasteiger partial charge in [-0.05, 0) is 44.4 Å². The van der Waals surface area contributed by atoms with Crippen LogP contribution in [0.5, 0.6) is 0 Å². The van der Waals surface area contributed by atoms with E-state index in [-0.39, 0.29) is 0 Å². The second-order valence-corrected chi connectivity index (χ2v) is 6.38. The van der Waals surface area contributed by atoms with Gasteiger partial charge in [0.05, 0.1) is 15.7 Å². The fraction of sp³-hybridized carbons (Fsp3) is 0.600. The van der Waals surface area contributed by atoms with Crippen LogP contribution in [0.4, 0.5) is 5.69 Å². The van der Waals surface area contributed by atoms with Gasteiger partial charge in [-0.1, -0.05) is 36.2 Å². The minimum atomic E-state index is 0.610. The van der Waals surface area contributed by atoms with E-state index in [1.165, 1.54) is 25.7 Å². The Labute approximate surface area is 125 Å². The lowest BCUT2D eigenvalue weighted by molar-refractivity contribution is 0.361. The standard InChI is InChI=1S/C15H20Cl2N2/c1-2-18-10-8-11-6-7-12(9-10)19(11)14-5-3-4-13(16)15(14)17/h3-5,10-12,18H,2,6-9H2,1H3. The van der Waals surface area contributed by atoms with Crippen LogP contribution in [-0.4, -0.2) is 24.7 Å². The van der Waals surface area contributed by atoms with Gasteiger partial charge in [0.2, 0.25) is 0 Å². The third kappa shape index (κ3) is 2.46. The smallest absolute Gasteiger partial charge is 0.0825 e. The molecule has 0 radical (unpaired) electrons. The number of hydrogen-bond donors (Lipinski definition) is 1. The topological polar surface area (TPSA) is 15.3 Å². The van der Waals surface area contributed by atoms with Crippen molar-refractivity contribution in [2.75, 3.05) is 11.4 Å². The van der Waals surface area contributed by atoms with Gasteiger partial charge >= 0.3 is 0 Å². The predicted octanol–water partition coefficient (Wildman–Crippen LogP) is 4.10. The van der Waals surface area contributed by atoms with E-state index in [4.69, 9.17) is 23.2 Å². The lowest BCUT2D eigenvalue weighted by Gasteiger charge is -2.41. The van der Waals surface area contributed by atoms with Gasteiger partial charge in [-0.3, -0.25) is 0 Å². The molecule has 3 rings (SSSR count). The van der Waals surface area contributed by atoms with Crippen molar-refractivity contribution >= 4 is 28.9 Å². The quantitative estimate of drug-likeness (QED) is 0.904. The average molecular weight is 299 g/mol. The Kier molecular flexibility index (Phi) is 3.93. The summed E-state index contributed by atoms with van der Waals surface area (Å²) in [5, 5.41) is 4.97. The maximum atomic E-state index is 6.39. The summed E-state index contributed by atoms with van der Waals surface area (Å²) in [4.78, 5) is 2.52. The van der Waals surface area contributed by atoms with E-state index >= 15 is 0 Å². The zero-order chi connectivity index (χ0) is 13.4. The van der Waals surface area contributed by atoms with Crippen molar-refractivity contribution in [3.8, 4) is 0 Å². The molecule has 1 aromatic carbocycles. The SMILES string of the molecule is CCNC1CC2CCC(C1)N2c1cccc(Cl)c1Cl. The fourth-order valence-electron chi connectivity index (χ4n) is 3.72. The third-order valence-corrected chi connectivity index (χ3v) is 5.24. The molecule has 0 aliphatic carbocycles. The molecular formula is C15H20Cl2N2. The Morgan fingerprint density at radius 3 is 2.53 bits per heavy atom. The first kappa shape index (κ1) is 13.5. The summed E-state index contributed by atoms with van der Waals surface area (Å²) in [5.41, 5.74) is 1.12. The molecule has 104 valence electrons. The van der Waals surface area contributed by atoms with Crippen molar-refractivity contribution in [1.82, 2.24) is 5.32 Å². The summed E-state index contributed by atoms with van der Waals surface area (Å²) < 4.78 is 0. The van der Waals surface area contributed by atoms with Crippen molar-refractivity contribution in [1.29, 1.82) is 0 Å². The van der Waals surface area contributed by atoms with E-state index in [1.54, 1.807) is 0 Å². The molecule has 2 fully saturated rings. The number of rotatable bonds is 3. The summed E-state index contributed by atoms with van der Waals surface area (Å²) in [6.45, 7) is 3.24. The molecule has 2 aliphatic rings. The fourth-order valence-corrected chi connectivity index (χ4v) is 4.11. The number of halogens is 2. The molecule has 2 unspecified atom stereocenters. The van der Waals surface area contributed by atoms with Gasteiger partial charge in [-0.25, -0.2) is 0 Å². The molecule has 0 aromatic heterocycles. The van der Waals surface area contributed by atoms with Crippen molar-refractivity contribution in [2.24, 2.45) is 0 Å². The van der Waals surface area contributed by atoms with Crippen molar-refractivity contribution in [3.63, 3.8) is 0 Å². The van der Waals surface area contributed by atoms with Gasteiger partial charge in [-0.15, -0.1) is 0 Å². The molecule has 1 aromatic rings. The highest BCUT2D eigenvalue weighted by Crippen LogP contribution is 2.43. The van der Waals surface area contributed by atoms with Gasteiger partial charge in [0.15, 0.2) is 0 Å². The lowest BCUT2D eigenvalue weighted by atomic mass is 9.96. The Morgan fingerprint density at radius 2 is 1.89 bits per heavy atom. The predicted molar refractivity (Wildman–Crippen MR) is 82.4 cm³/mol. The maximum absolute atomic E-state index is 6.39. The number of piperidine rings is 1. The van der Waals surface area contributed by atoms with E-state index < -0.39 is 0 Å². The molecular weight excluding hydrogens is 279 g/mol. The lowest BCUT2D eigenvalue weighted by Crippen LogP contribution is -2.49. The molecule has 2 heterocycles. The van der Waals surface area contributed by atoms with Crippen LogP contribution >= 0.6 is 23.2 Å². The number of fused-ring (bicyclic) bond motifs is 2. The molecule has 2 atom stereocenters. The molecule has 0 amide bonds. The number of nitrogens with zero attached hydrogens (tertiary/aromatic N) is 1. The second kappa shape index (κ2) is 5.51. The first-order valence-corrected chi connectivity index (χ1v) is 7.92. The van der Waals surface area contributed by atoms with Crippen molar-refractivity contribution in [3.05, 3.63) is 28.2 Å². The number of nitrogens with one attached hydrogen (secondary N) is 1. The normalized spacial score (nSPS) is 29.8. The van der Waals surface area contributed by atoms with Gasteiger partial charge in [0.1, 0.15) is 0 Å². The van der Waals surface area contributed by atoms with Crippen LogP contribution in [0.15, 0.2) is 18.2 Å². The first-order chi connectivity index (χ1) is 9.20. The summed E-state index contributed by atoms with van der Waals surface area (Å²) in [5.74, 6) is 0. The van der Waals surface area contributed by atoms with Crippen molar-refractivity contribution in [2.45, 2.75) is 50.7 Å². The highest BCUT2D eigenvalue weighted by Gasteiger charge is 2.41. The first-order valence-electron chi connectivity index (χ1n) is 7.16. The van der Waals surface area contributed by atoms with Crippen LogP contribution in [0, 0.1) is 0 Å². The number of anilines is 1. The second-order valence-electron chi connectivity index (χ2n) is 5.59. The minimum absolute atomic E-state index is 0.610. The van der Waals surface area contributed by atoms with Crippen LogP contribution in [-0.2, 0) is 0 Å². The van der Waals surface area contributed by atoms with Crippen LogP contribution in [0.3, 0.4) is 0 Å². The van der Waals surface area contributed by atoms with E-state index in [9.17, 15) is 0 Å². The highest BCUT2D eigenvalue weighted by molar-refractivity contribution is 6.43. The average Bonchev–Trinajstić information content (AvgIpc) is 2.65. The molecule has 0 saturated carbocycles. The Bertz CT molecular complexity index is 449. The maximum Gasteiger partial charge on any atom is 0.0825 e. The van der Waals surface area contributed by atoms with E-state index in [0.29, 0.717) is 28.2 Å². The molecule has 1 N–H and O–H groups in total. The van der Waals surface area contributed by atoms with E-state index in [2.05, 4.69) is 23.2 Å². The van der Waals surface area contributed by atoms with Gasteiger partial charge in [0.25, 0.3) is 0 Å². The summed E-state index contributed by atoms with van der Waals surface area (Å²) in [7, 11) is 0. The van der Waals surface area contributed by atoms with Gasteiger partial charge < -0.3 is 10.2 Å². The largest absolute Gasteiger partial charge is 0.364 e. The molecule has 19 heavy (non-hydrogen) atoms. The number of benzene rings is 1. The molecule has 4 heteroatoms. The van der Waals surface area contributed by atoms with Crippen LogP contribution in [0.2, 0.25) is 10.0 Å². The van der Waals surface area contributed by atoms with Crippen LogP contribution in [0.25, 0.3) is 0 Å². The highest BCUT2D eigenvalue weighted by atomic mass is 35.5. The van der Waals surface area contributed by atoms with Crippen LogP contribution in [0.1, 0.15) is 32.6 Å². The van der Waals surface area contributed by atoms with Gasteiger partial charge in [0, 0.05) is 18.1 Å². The Balaban J connectivity index is 1.85. The van der Waals surface area contributed by atoms with E-state index in [0.717, 1.165) is 12.2 Å². The third-order valence-electron chi connectivity index (χ3n) is 4.44. The molecule has 2 bridgehead atoms. The van der Waals surface area contributed by atoms with Crippen molar-refractivity contribution < 1.29 is 0 Å². The Morgan fingerprint density at radius 1 is 1.21 bits per heavy atom. The zero-order valence-electron chi connectivity index (χ0n) is 11.2. The summed E-state index contributed by atoms with van der Waals surface area (Å²) >= 11 is 12.5. The molecule has 2 saturated heterocycles. The Hall–Kier alpha value is -0.440. The number of hydrogen-bond acceptors (Lipinski definition) is 2. The molecule has 2 nitrogen and oxygen atoms in total. The summed E-state index contributed by atoms with van der Waals surface area (Å²) in [6.07, 6.45) is 4.98. The van der Waals surface area contributed by atoms with E-state index in [1.807, 2.05) is 12.1 Å². The molecule has 2 aliphatic heterocycles.